The van der Waals surface area contributed by atoms with Crippen molar-refractivity contribution in [2.24, 2.45) is 0 Å². The summed E-state index contributed by atoms with van der Waals surface area (Å²) in [6.07, 6.45) is 5.54. The lowest BCUT2D eigenvalue weighted by atomic mass is 9.90. The van der Waals surface area contributed by atoms with Crippen LogP contribution in [0.1, 0.15) is 61.5 Å². The number of carbonyl (C=O) groups is 2. The number of benzene rings is 2. The van der Waals surface area contributed by atoms with Crippen molar-refractivity contribution in [2.75, 3.05) is 12.8 Å². The molecule has 1 amide bonds. The number of amides is 1. The van der Waals surface area contributed by atoms with Crippen LogP contribution in [-0.4, -0.2) is 43.8 Å². The Hall–Kier alpha value is -4.80. The number of anilines is 1. The number of ether oxygens (including phenoxy) is 1. The molecule has 0 radical (unpaired) electrons. The van der Waals surface area contributed by atoms with Crippen LogP contribution in [0, 0.1) is 5.82 Å². The SMILES string of the molecule is CC.COc1ccc(F)c(C(=O)NCc2ccc(-c3nn(C4CCC(=CC(=O)O)CC4)c4ncnc(N)c34)cc2)c1. The van der Waals surface area contributed by atoms with Gasteiger partial charge in [0.1, 0.15) is 29.4 Å². The van der Waals surface area contributed by atoms with Gasteiger partial charge in [0.2, 0.25) is 0 Å². The second-order valence-corrected chi connectivity index (χ2v) is 9.35. The third kappa shape index (κ3) is 6.51. The van der Waals surface area contributed by atoms with Gasteiger partial charge in [-0.15, -0.1) is 0 Å². The largest absolute Gasteiger partial charge is 0.497 e. The normalized spacial score (nSPS) is 14.6. The molecule has 4 N–H and O–H groups in total. The minimum Gasteiger partial charge on any atom is -0.497 e. The maximum absolute atomic E-state index is 14.1. The van der Waals surface area contributed by atoms with E-state index >= 15 is 0 Å². The molecule has 5 rings (SSSR count). The summed E-state index contributed by atoms with van der Waals surface area (Å²) in [6, 6.07) is 11.5. The summed E-state index contributed by atoms with van der Waals surface area (Å²) in [7, 11) is 1.45. The molecule has 1 aliphatic carbocycles. The number of rotatable bonds is 7. The van der Waals surface area contributed by atoms with Crippen LogP contribution in [-0.2, 0) is 11.3 Å². The molecule has 1 aliphatic rings. The lowest BCUT2D eigenvalue weighted by Crippen LogP contribution is -2.23. The lowest BCUT2D eigenvalue weighted by molar-refractivity contribution is -0.131. The molecule has 0 bridgehead atoms. The molecule has 1 saturated carbocycles. The van der Waals surface area contributed by atoms with Crippen molar-refractivity contribution >= 4 is 28.7 Å². The highest BCUT2D eigenvalue weighted by molar-refractivity contribution is 5.98. The number of aromatic nitrogens is 4. The molecule has 1 fully saturated rings. The highest BCUT2D eigenvalue weighted by Gasteiger charge is 2.25. The fourth-order valence-corrected chi connectivity index (χ4v) is 4.85. The number of nitrogens with zero attached hydrogens (tertiary/aromatic N) is 4. The van der Waals surface area contributed by atoms with Gasteiger partial charge >= 0.3 is 5.97 Å². The van der Waals surface area contributed by atoms with Gasteiger partial charge in [0, 0.05) is 18.2 Å². The van der Waals surface area contributed by atoms with E-state index in [-0.39, 0.29) is 18.2 Å². The van der Waals surface area contributed by atoms with Crippen molar-refractivity contribution in [1.82, 2.24) is 25.1 Å². The van der Waals surface area contributed by atoms with Gasteiger partial charge in [-0.25, -0.2) is 23.8 Å². The van der Waals surface area contributed by atoms with Crippen LogP contribution < -0.4 is 15.8 Å². The first-order chi connectivity index (χ1) is 19.8. The Morgan fingerprint density at radius 1 is 1.15 bits per heavy atom. The van der Waals surface area contributed by atoms with E-state index < -0.39 is 17.7 Å². The highest BCUT2D eigenvalue weighted by atomic mass is 19.1. The molecule has 0 saturated heterocycles. The molecule has 10 nitrogen and oxygen atoms in total. The summed E-state index contributed by atoms with van der Waals surface area (Å²) in [6.45, 7) is 4.20. The number of aliphatic carboxylic acids is 1. The van der Waals surface area contributed by atoms with Crippen molar-refractivity contribution in [3.63, 3.8) is 0 Å². The van der Waals surface area contributed by atoms with E-state index in [9.17, 15) is 14.0 Å². The van der Waals surface area contributed by atoms with Crippen molar-refractivity contribution in [2.45, 2.75) is 52.1 Å². The number of halogens is 1. The number of fused-ring (bicyclic) bond motifs is 1. The van der Waals surface area contributed by atoms with Crippen LogP contribution in [0.15, 0.2) is 60.4 Å². The van der Waals surface area contributed by atoms with E-state index in [1.165, 1.54) is 37.7 Å². The first-order valence-electron chi connectivity index (χ1n) is 13.5. The number of nitrogen functional groups attached to an aromatic ring is 1. The number of hydrogen-bond acceptors (Lipinski definition) is 7. The third-order valence-electron chi connectivity index (χ3n) is 6.89. The second-order valence-electron chi connectivity index (χ2n) is 9.35. The summed E-state index contributed by atoms with van der Waals surface area (Å²) in [5.41, 5.74) is 9.96. The van der Waals surface area contributed by atoms with Gasteiger partial charge in [-0.05, 0) is 49.4 Å². The summed E-state index contributed by atoms with van der Waals surface area (Å²) < 4.78 is 21.1. The van der Waals surface area contributed by atoms with Crippen LogP contribution in [0.25, 0.3) is 22.3 Å². The maximum Gasteiger partial charge on any atom is 0.328 e. The molecule has 2 aromatic heterocycles. The van der Waals surface area contributed by atoms with Gasteiger partial charge in [0.15, 0.2) is 5.65 Å². The zero-order valence-corrected chi connectivity index (χ0v) is 23.2. The number of carboxylic acid groups (broad SMARTS) is 1. The molecule has 0 unspecified atom stereocenters. The number of carbonyl (C=O) groups excluding carboxylic acids is 1. The second kappa shape index (κ2) is 13.0. The average Bonchev–Trinajstić information content (AvgIpc) is 3.38. The number of methoxy groups -OCH3 is 1. The topological polar surface area (TPSA) is 145 Å². The van der Waals surface area contributed by atoms with Crippen molar-refractivity contribution in [1.29, 1.82) is 0 Å². The number of allylic oxidation sites excluding steroid dienone is 1. The fourth-order valence-electron chi connectivity index (χ4n) is 4.85. The number of carboxylic acids is 1. The van der Waals surface area contributed by atoms with Gasteiger partial charge in [-0.3, -0.25) is 4.79 Å². The molecule has 2 heterocycles. The minimum absolute atomic E-state index is 0.0491. The Balaban J connectivity index is 0.00000189. The van der Waals surface area contributed by atoms with E-state index in [4.69, 9.17) is 20.7 Å². The molecular formula is C30H33FN6O4. The number of hydrogen-bond donors (Lipinski definition) is 3. The van der Waals surface area contributed by atoms with Crippen LogP contribution in [0.2, 0.25) is 0 Å². The van der Waals surface area contributed by atoms with Gasteiger partial charge < -0.3 is 20.9 Å². The van der Waals surface area contributed by atoms with Gasteiger partial charge in [0.25, 0.3) is 5.91 Å². The zero-order valence-electron chi connectivity index (χ0n) is 23.2. The molecule has 214 valence electrons. The van der Waals surface area contributed by atoms with Crippen molar-refractivity contribution < 1.29 is 23.8 Å². The molecular weight excluding hydrogens is 527 g/mol. The van der Waals surface area contributed by atoms with E-state index in [0.717, 1.165) is 29.5 Å². The zero-order chi connectivity index (χ0) is 29.5. The molecule has 0 atom stereocenters. The van der Waals surface area contributed by atoms with E-state index in [0.29, 0.717) is 41.1 Å². The van der Waals surface area contributed by atoms with Crippen LogP contribution >= 0.6 is 0 Å². The van der Waals surface area contributed by atoms with Gasteiger partial charge in [-0.2, -0.15) is 5.10 Å². The Labute approximate surface area is 237 Å². The fraction of sp³-hybridized carbons (Fsp3) is 0.300. The summed E-state index contributed by atoms with van der Waals surface area (Å²) >= 11 is 0. The molecule has 0 aliphatic heterocycles. The van der Waals surface area contributed by atoms with Gasteiger partial charge in [-0.1, -0.05) is 43.7 Å². The van der Waals surface area contributed by atoms with Crippen LogP contribution in [0.3, 0.4) is 0 Å². The third-order valence-corrected chi connectivity index (χ3v) is 6.89. The molecule has 2 aromatic carbocycles. The summed E-state index contributed by atoms with van der Waals surface area (Å²) in [4.78, 5) is 32.2. The van der Waals surface area contributed by atoms with E-state index in [1.54, 1.807) is 0 Å². The average molecular weight is 561 g/mol. The number of nitrogens with two attached hydrogens (primary N) is 1. The Kier molecular flexibility index (Phi) is 9.28. The van der Waals surface area contributed by atoms with Crippen molar-refractivity contribution in [3.8, 4) is 17.0 Å². The maximum atomic E-state index is 14.1. The van der Waals surface area contributed by atoms with Crippen LogP contribution in [0.5, 0.6) is 5.75 Å². The first-order valence-corrected chi connectivity index (χ1v) is 13.5. The summed E-state index contributed by atoms with van der Waals surface area (Å²) in [5, 5.41) is 17.3. The van der Waals surface area contributed by atoms with E-state index in [2.05, 4.69) is 15.3 Å². The lowest BCUT2D eigenvalue weighted by Gasteiger charge is -2.24. The molecule has 11 heteroatoms. The number of nitrogens with one attached hydrogen (secondary N) is 1. The predicted octanol–water partition coefficient (Wildman–Crippen LogP) is 5.31. The quantitative estimate of drug-likeness (QED) is 0.258. The Bertz CT molecular complexity index is 1570. The van der Waals surface area contributed by atoms with Gasteiger partial charge in [0.05, 0.1) is 24.1 Å². The first kappa shape index (κ1) is 29.2. The predicted molar refractivity (Wildman–Crippen MR) is 154 cm³/mol. The smallest absolute Gasteiger partial charge is 0.328 e. The highest BCUT2D eigenvalue weighted by Crippen LogP contribution is 2.37. The van der Waals surface area contributed by atoms with Crippen molar-refractivity contribution in [3.05, 3.63) is 77.4 Å². The molecule has 41 heavy (non-hydrogen) atoms. The Morgan fingerprint density at radius 2 is 1.85 bits per heavy atom. The minimum atomic E-state index is -0.925. The van der Waals surface area contributed by atoms with Crippen LogP contribution in [0.4, 0.5) is 10.2 Å². The standard InChI is InChI=1S/C28H27FN6O4.C2H6/c1-39-20-10-11-22(29)21(13-20)28(38)31-14-17-2-6-18(7-3-17)25-24-26(30)32-15-33-27(24)35(34-25)19-8-4-16(5-9-19)12-23(36)37;1-2/h2-3,6-7,10-13,15,19H,4-5,8-9,14H2,1H3,(H,31,38)(H,36,37)(H2,30,32,33);1-2H3. The molecule has 4 aromatic rings. The summed E-state index contributed by atoms with van der Waals surface area (Å²) in [5.74, 6) is -1.38. The molecule has 0 spiro atoms. The Morgan fingerprint density at radius 3 is 2.51 bits per heavy atom. The van der Waals surface area contributed by atoms with E-state index in [1.807, 2.05) is 42.8 Å². The monoisotopic (exact) mass is 560 g/mol.